The first kappa shape index (κ1) is 19.5. The second-order valence-electron chi connectivity index (χ2n) is 8.16. The fourth-order valence-electron chi connectivity index (χ4n) is 4.73. The fourth-order valence-corrected chi connectivity index (χ4v) is 6.00. The Kier molecular flexibility index (Phi) is 4.76. The molecule has 0 saturated carbocycles. The van der Waals surface area contributed by atoms with Crippen molar-refractivity contribution in [2.45, 2.75) is 24.3 Å². The molecule has 1 saturated heterocycles. The van der Waals surface area contributed by atoms with Gasteiger partial charge in [-0.15, -0.1) is 9.40 Å². The lowest BCUT2D eigenvalue weighted by Crippen LogP contribution is -2.54. The van der Waals surface area contributed by atoms with E-state index in [2.05, 4.69) is 10.2 Å². The molecule has 1 aliphatic heterocycles. The third-order valence-electron chi connectivity index (χ3n) is 6.33. The maximum atomic E-state index is 13.3. The number of fused-ring (bicyclic) bond motifs is 2. The largest absolute Gasteiger partial charge is 0.591 e. The Bertz CT molecular complexity index is 1080. The highest BCUT2D eigenvalue weighted by molar-refractivity contribution is 7.89. The molecule has 9 heteroatoms. The normalized spacial score (nSPS) is 24.8. The van der Waals surface area contributed by atoms with Gasteiger partial charge < -0.3 is 9.35 Å². The first-order chi connectivity index (χ1) is 14.5. The van der Waals surface area contributed by atoms with E-state index in [0.29, 0.717) is 24.5 Å². The van der Waals surface area contributed by atoms with Gasteiger partial charge >= 0.3 is 0 Å². The van der Waals surface area contributed by atoms with Crippen LogP contribution in [0.5, 0.6) is 0 Å². The summed E-state index contributed by atoms with van der Waals surface area (Å²) in [4.78, 5) is 12.3. The third-order valence-corrected chi connectivity index (χ3v) is 7.69. The van der Waals surface area contributed by atoms with Gasteiger partial charge in [0, 0.05) is 31.5 Å². The molecule has 1 aliphatic carbocycles. The topological polar surface area (TPSA) is 79.0 Å². The number of benzene rings is 1. The molecular formula is C21H22FN5O2S. The molecule has 7 nitrogen and oxygen atoms in total. The van der Waals surface area contributed by atoms with E-state index >= 15 is 0 Å². The molecule has 0 spiro atoms. The second kappa shape index (κ2) is 7.33. The van der Waals surface area contributed by atoms with Gasteiger partial charge in [-0.05, 0) is 55.0 Å². The standard InChI is InChI=1S/C21H22FN5O2S/c1-25-8-7-20(24-25)30(29)26-9-6-16-10-19-15(11-21(16,13-26)14-28)12-23-27(19)18-4-2-17(22)3-5-18/h2-5,7-8,12,14,16H,6,9-11,13H2,1H3. The van der Waals surface area contributed by atoms with Gasteiger partial charge in [0.05, 0.1) is 23.8 Å². The number of aryl methyl sites for hydroxylation is 1. The zero-order chi connectivity index (χ0) is 20.9. The van der Waals surface area contributed by atoms with Crippen LogP contribution in [0.25, 0.3) is 5.69 Å². The van der Waals surface area contributed by atoms with Gasteiger partial charge in [0.15, 0.2) is 0 Å². The van der Waals surface area contributed by atoms with Crippen molar-refractivity contribution in [2.24, 2.45) is 18.4 Å². The lowest BCUT2D eigenvalue weighted by Gasteiger charge is -2.46. The number of carbonyl (C=O) groups excluding carboxylic acids is 1. The molecule has 30 heavy (non-hydrogen) atoms. The highest BCUT2D eigenvalue weighted by atomic mass is 32.2. The Balaban J connectivity index is 1.43. The maximum Gasteiger partial charge on any atom is 0.284 e. The summed E-state index contributed by atoms with van der Waals surface area (Å²) in [5.74, 6) is -0.136. The minimum Gasteiger partial charge on any atom is -0.591 e. The van der Waals surface area contributed by atoms with Crippen LogP contribution in [0, 0.1) is 17.2 Å². The zero-order valence-electron chi connectivity index (χ0n) is 16.6. The van der Waals surface area contributed by atoms with E-state index in [1.165, 1.54) is 12.1 Å². The maximum absolute atomic E-state index is 13.3. The Morgan fingerprint density at radius 2 is 2.10 bits per heavy atom. The number of carbonyl (C=O) groups is 1. The molecule has 2 aliphatic rings. The van der Waals surface area contributed by atoms with Crippen molar-refractivity contribution in [1.82, 2.24) is 23.9 Å². The van der Waals surface area contributed by atoms with Crippen molar-refractivity contribution in [1.29, 1.82) is 0 Å². The van der Waals surface area contributed by atoms with Crippen molar-refractivity contribution in [3.63, 3.8) is 0 Å². The molecular weight excluding hydrogens is 405 g/mol. The van der Waals surface area contributed by atoms with Gasteiger partial charge in [-0.2, -0.15) is 5.10 Å². The molecule has 0 bridgehead atoms. The van der Waals surface area contributed by atoms with Gasteiger partial charge in [-0.3, -0.25) is 4.68 Å². The highest BCUT2D eigenvalue weighted by Crippen LogP contribution is 2.45. The summed E-state index contributed by atoms with van der Waals surface area (Å²) in [6.45, 7) is 1.08. The number of hydrogen-bond acceptors (Lipinski definition) is 5. The van der Waals surface area contributed by atoms with E-state index in [1.807, 2.05) is 8.99 Å². The summed E-state index contributed by atoms with van der Waals surface area (Å²) in [6, 6.07) is 8.02. The van der Waals surface area contributed by atoms with Crippen molar-refractivity contribution in [3.8, 4) is 5.69 Å². The Labute approximate surface area is 176 Å². The number of halogens is 1. The molecule has 156 valence electrons. The van der Waals surface area contributed by atoms with E-state index in [9.17, 15) is 13.7 Å². The molecule has 1 fully saturated rings. The van der Waals surface area contributed by atoms with Crippen molar-refractivity contribution >= 4 is 17.6 Å². The molecule has 0 amide bonds. The van der Waals surface area contributed by atoms with E-state index in [0.717, 1.165) is 36.1 Å². The molecule has 0 radical (unpaired) electrons. The lowest BCUT2D eigenvalue weighted by atomic mass is 9.64. The van der Waals surface area contributed by atoms with Crippen LogP contribution in [-0.4, -0.2) is 47.8 Å². The third kappa shape index (κ3) is 3.17. The van der Waals surface area contributed by atoms with E-state index in [4.69, 9.17) is 0 Å². The van der Waals surface area contributed by atoms with Crippen LogP contribution in [0.4, 0.5) is 4.39 Å². The summed E-state index contributed by atoms with van der Waals surface area (Å²) in [5, 5.41) is 9.29. The van der Waals surface area contributed by atoms with Crippen LogP contribution in [0.3, 0.4) is 0 Å². The molecule has 1 aromatic carbocycles. The average molecular weight is 428 g/mol. The minimum absolute atomic E-state index is 0.149. The SMILES string of the molecule is Cn1ccc([S+]([O-])N2CCC3Cc4c(cnn4-c4ccc(F)cc4)CC3(C=O)C2)n1. The molecule has 0 N–H and O–H groups in total. The molecule has 5 rings (SSSR count). The summed E-state index contributed by atoms with van der Waals surface area (Å²) >= 11 is -1.39. The summed E-state index contributed by atoms with van der Waals surface area (Å²) in [5.41, 5.74) is 2.31. The van der Waals surface area contributed by atoms with Crippen LogP contribution >= 0.6 is 0 Å². The predicted octanol–water partition coefficient (Wildman–Crippen LogP) is 2.07. The number of aldehydes is 1. The summed E-state index contributed by atoms with van der Waals surface area (Å²) < 4.78 is 31.7. The van der Waals surface area contributed by atoms with Gasteiger partial charge in [0.1, 0.15) is 23.5 Å². The quantitative estimate of drug-likeness (QED) is 0.471. The van der Waals surface area contributed by atoms with Crippen molar-refractivity contribution in [3.05, 3.63) is 59.8 Å². The first-order valence-electron chi connectivity index (χ1n) is 9.94. The molecule has 3 aromatic rings. The van der Waals surface area contributed by atoms with Gasteiger partial charge in [0.2, 0.25) is 0 Å². The molecule has 3 unspecified atom stereocenters. The van der Waals surface area contributed by atoms with Crippen molar-refractivity contribution in [2.75, 3.05) is 13.1 Å². The number of hydrogen-bond donors (Lipinski definition) is 0. The van der Waals surface area contributed by atoms with Crippen LogP contribution < -0.4 is 0 Å². The van der Waals surface area contributed by atoms with Crippen LogP contribution in [0.15, 0.2) is 47.8 Å². The van der Waals surface area contributed by atoms with E-state index in [-0.39, 0.29) is 11.7 Å². The highest BCUT2D eigenvalue weighted by Gasteiger charge is 2.50. The van der Waals surface area contributed by atoms with Crippen LogP contribution in [0.1, 0.15) is 17.7 Å². The summed E-state index contributed by atoms with van der Waals surface area (Å²) in [6.07, 6.45) is 6.67. The monoisotopic (exact) mass is 427 g/mol. The molecule has 3 atom stereocenters. The summed E-state index contributed by atoms with van der Waals surface area (Å²) in [7, 11) is 1.79. The van der Waals surface area contributed by atoms with Crippen LogP contribution in [-0.2, 0) is 36.0 Å². The van der Waals surface area contributed by atoms with E-state index < -0.39 is 16.8 Å². The fraction of sp³-hybridized carbons (Fsp3) is 0.381. The van der Waals surface area contributed by atoms with Gasteiger partial charge in [-0.25, -0.2) is 9.07 Å². The Hall–Kier alpha value is -2.49. The molecule has 3 heterocycles. The predicted molar refractivity (Wildman–Crippen MR) is 109 cm³/mol. The smallest absolute Gasteiger partial charge is 0.284 e. The van der Waals surface area contributed by atoms with Crippen LogP contribution in [0.2, 0.25) is 0 Å². The average Bonchev–Trinajstić information content (AvgIpc) is 3.37. The van der Waals surface area contributed by atoms with Gasteiger partial charge in [0.25, 0.3) is 5.03 Å². The number of rotatable bonds is 4. The van der Waals surface area contributed by atoms with Crippen molar-refractivity contribution < 1.29 is 13.7 Å². The molecule has 2 aromatic heterocycles. The second-order valence-corrected chi connectivity index (χ2v) is 9.60. The first-order valence-corrected chi connectivity index (χ1v) is 11.0. The Morgan fingerprint density at radius 1 is 1.30 bits per heavy atom. The lowest BCUT2D eigenvalue weighted by molar-refractivity contribution is -0.122. The minimum atomic E-state index is -1.39. The van der Waals surface area contributed by atoms with Gasteiger partial charge in [-0.1, -0.05) is 0 Å². The zero-order valence-corrected chi connectivity index (χ0v) is 17.4. The number of piperidine rings is 1. The number of aromatic nitrogens is 4. The Morgan fingerprint density at radius 3 is 2.80 bits per heavy atom. The van der Waals surface area contributed by atoms with E-state index in [1.54, 1.807) is 42.3 Å². The number of nitrogens with zero attached hydrogens (tertiary/aromatic N) is 5.